The monoisotopic (exact) mass is 521 g/mol. The Kier molecular flexibility index (Phi) is 8.40. The zero-order valence-corrected chi connectivity index (χ0v) is 20.9. The van der Waals surface area contributed by atoms with Gasteiger partial charge in [0.1, 0.15) is 0 Å². The first kappa shape index (κ1) is 23.6. The van der Waals surface area contributed by atoms with Crippen molar-refractivity contribution in [2.24, 2.45) is 0 Å². The summed E-state index contributed by atoms with van der Waals surface area (Å²) in [6.07, 6.45) is 0. The SMILES string of the molecule is CCN(CC)c1ccc(-c2nnc(SCC(=O)Nc3ccc(Br)cc3Cl)n2CC)cc1. The van der Waals surface area contributed by atoms with Crippen molar-refractivity contribution >= 4 is 56.6 Å². The average molecular weight is 523 g/mol. The maximum Gasteiger partial charge on any atom is 0.234 e. The molecule has 0 fully saturated rings. The Bertz CT molecular complexity index is 1040. The largest absolute Gasteiger partial charge is 0.372 e. The molecule has 0 atom stereocenters. The van der Waals surface area contributed by atoms with Crippen molar-refractivity contribution in [3.8, 4) is 11.4 Å². The highest BCUT2D eigenvalue weighted by Crippen LogP contribution is 2.28. The Morgan fingerprint density at radius 2 is 1.84 bits per heavy atom. The molecule has 2 aromatic carbocycles. The summed E-state index contributed by atoms with van der Waals surface area (Å²) in [6.45, 7) is 8.99. The van der Waals surface area contributed by atoms with Gasteiger partial charge in [-0.3, -0.25) is 4.79 Å². The molecule has 0 bridgehead atoms. The third-order valence-electron chi connectivity index (χ3n) is 4.82. The summed E-state index contributed by atoms with van der Waals surface area (Å²) in [5.74, 6) is 0.864. The van der Waals surface area contributed by atoms with Gasteiger partial charge in [-0.2, -0.15) is 0 Å². The molecule has 3 aromatic rings. The van der Waals surface area contributed by atoms with E-state index in [1.807, 2.05) is 17.6 Å². The number of benzene rings is 2. The van der Waals surface area contributed by atoms with Crippen molar-refractivity contribution < 1.29 is 4.79 Å². The van der Waals surface area contributed by atoms with Crippen LogP contribution in [-0.2, 0) is 11.3 Å². The standard InChI is InChI=1S/C22H25BrClN5OS/c1-4-28(5-2)17-10-7-15(8-11-17)21-26-27-22(29(21)6-3)31-14-20(30)25-19-12-9-16(23)13-18(19)24/h7-13H,4-6,14H2,1-3H3,(H,25,30). The van der Waals surface area contributed by atoms with Gasteiger partial charge in [-0.25, -0.2) is 0 Å². The normalized spacial score (nSPS) is 10.9. The lowest BCUT2D eigenvalue weighted by Crippen LogP contribution is -2.21. The van der Waals surface area contributed by atoms with Gasteiger partial charge in [0.2, 0.25) is 5.91 Å². The van der Waals surface area contributed by atoms with Gasteiger partial charge in [0.25, 0.3) is 0 Å². The molecule has 1 heterocycles. The molecule has 0 aliphatic heterocycles. The number of thioether (sulfide) groups is 1. The summed E-state index contributed by atoms with van der Waals surface area (Å²) < 4.78 is 2.88. The summed E-state index contributed by atoms with van der Waals surface area (Å²) in [5.41, 5.74) is 2.78. The van der Waals surface area contributed by atoms with Crippen LogP contribution in [0, 0.1) is 0 Å². The third kappa shape index (κ3) is 5.81. The molecular weight excluding hydrogens is 498 g/mol. The molecule has 31 heavy (non-hydrogen) atoms. The van der Waals surface area contributed by atoms with Gasteiger partial charge in [0.15, 0.2) is 11.0 Å². The quantitative estimate of drug-likeness (QED) is 0.351. The summed E-state index contributed by atoms with van der Waals surface area (Å²) in [7, 11) is 0. The lowest BCUT2D eigenvalue weighted by molar-refractivity contribution is -0.113. The maximum absolute atomic E-state index is 12.4. The van der Waals surface area contributed by atoms with Gasteiger partial charge >= 0.3 is 0 Å². The van der Waals surface area contributed by atoms with Gasteiger partial charge in [0, 0.05) is 35.4 Å². The molecule has 0 saturated carbocycles. The van der Waals surface area contributed by atoms with Crippen LogP contribution in [0.5, 0.6) is 0 Å². The number of carbonyl (C=O) groups is 1. The minimum Gasteiger partial charge on any atom is -0.372 e. The van der Waals surface area contributed by atoms with E-state index in [1.54, 1.807) is 12.1 Å². The lowest BCUT2D eigenvalue weighted by Gasteiger charge is -2.21. The second-order valence-corrected chi connectivity index (χ2v) is 9.00. The number of halogens is 2. The van der Waals surface area contributed by atoms with Gasteiger partial charge in [-0.1, -0.05) is 39.3 Å². The summed E-state index contributed by atoms with van der Waals surface area (Å²) in [4.78, 5) is 14.7. The number of carbonyl (C=O) groups excluding carboxylic acids is 1. The van der Waals surface area contributed by atoms with Crippen LogP contribution in [-0.4, -0.2) is 39.5 Å². The smallest absolute Gasteiger partial charge is 0.234 e. The van der Waals surface area contributed by atoms with Gasteiger partial charge in [0.05, 0.1) is 16.5 Å². The van der Waals surface area contributed by atoms with Crippen LogP contribution in [0.1, 0.15) is 20.8 Å². The topological polar surface area (TPSA) is 63.1 Å². The van der Waals surface area contributed by atoms with Gasteiger partial charge < -0.3 is 14.8 Å². The predicted octanol–water partition coefficient (Wildman–Crippen LogP) is 5.96. The summed E-state index contributed by atoms with van der Waals surface area (Å²) in [6, 6.07) is 13.7. The Morgan fingerprint density at radius 3 is 2.45 bits per heavy atom. The first-order valence-corrected chi connectivity index (χ1v) is 12.3. The highest BCUT2D eigenvalue weighted by Gasteiger charge is 2.15. The van der Waals surface area contributed by atoms with E-state index in [1.165, 1.54) is 17.4 Å². The van der Waals surface area contributed by atoms with Crippen molar-refractivity contribution in [3.63, 3.8) is 0 Å². The highest BCUT2D eigenvalue weighted by molar-refractivity contribution is 9.10. The number of nitrogens with one attached hydrogen (secondary N) is 1. The fourth-order valence-corrected chi connectivity index (χ4v) is 4.73. The van der Waals surface area contributed by atoms with Crippen LogP contribution in [0.2, 0.25) is 5.02 Å². The lowest BCUT2D eigenvalue weighted by atomic mass is 10.2. The minimum absolute atomic E-state index is 0.148. The van der Waals surface area contributed by atoms with Crippen LogP contribution >= 0.6 is 39.3 Å². The Morgan fingerprint density at radius 1 is 1.13 bits per heavy atom. The molecule has 1 aromatic heterocycles. The minimum atomic E-state index is -0.148. The number of nitrogens with zero attached hydrogens (tertiary/aromatic N) is 4. The van der Waals surface area contributed by atoms with E-state index in [4.69, 9.17) is 11.6 Å². The number of hydrogen-bond donors (Lipinski definition) is 1. The third-order valence-corrected chi connectivity index (χ3v) is 6.60. The van der Waals surface area contributed by atoms with Gasteiger partial charge in [-0.05, 0) is 63.2 Å². The van der Waals surface area contributed by atoms with E-state index in [0.29, 0.717) is 22.4 Å². The van der Waals surface area contributed by atoms with Crippen molar-refractivity contribution in [2.45, 2.75) is 32.5 Å². The van der Waals surface area contributed by atoms with E-state index in [2.05, 4.69) is 74.5 Å². The first-order chi connectivity index (χ1) is 15.0. The molecule has 6 nitrogen and oxygen atoms in total. The van der Waals surface area contributed by atoms with Crippen LogP contribution in [0.4, 0.5) is 11.4 Å². The molecule has 3 rings (SSSR count). The molecule has 0 aliphatic rings. The number of amides is 1. The highest BCUT2D eigenvalue weighted by atomic mass is 79.9. The molecule has 9 heteroatoms. The summed E-state index contributed by atoms with van der Waals surface area (Å²) >= 11 is 10.9. The van der Waals surface area contributed by atoms with E-state index in [0.717, 1.165) is 29.0 Å². The fraction of sp³-hybridized carbons (Fsp3) is 0.318. The van der Waals surface area contributed by atoms with E-state index >= 15 is 0 Å². The maximum atomic E-state index is 12.4. The Hall–Kier alpha value is -2.03. The molecule has 164 valence electrons. The van der Waals surface area contributed by atoms with Crippen molar-refractivity contribution in [2.75, 3.05) is 29.1 Å². The Labute approximate surface area is 200 Å². The zero-order chi connectivity index (χ0) is 22.4. The Balaban J connectivity index is 1.69. The second kappa shape index (κ2) is 11.0. The van der Waals surface area contributed by atoms with Gasteiger partial charge in [-0.15, -0.1) is 10.2 Å². The number of rotatable bonds is 9. The predicted molar refractivity (Wildman–Crippen MR) is 133 cm³/mol. The van der Waals surface area contributed by atoms with Crippen LogP contribution in [0.3, 0.4) is 0 Å². The molecule has 0 spiro atoms. The van der Waals surface area contributed by atoms with E-state index in [-0.39, 0.29) is 11.7 Å². The number of aromatic nitrogens is 3. The van der Waals surface area contributed by atoms with E-state index < -0.39 is 0 Å². The second-order valence-electron chi connectivity index (χ2n) is 6.73. The van der Waals surface area contributed by atoms with E-state index in [9.17, 15) is 4.79 Å². The van der Waals surface area contributed by atoms with Crippen LogP contribution < -0.4 is 10.2 Å². The molecule has 0 aliphatic carbocycles. The van der Waals surface area contributed by atoms with Crippen molar-refractivity contribution in [1.82, 2.24) is 14.8 Å². The molecular formula is C22H25BrClN5OS. The molecule has 1 amide bonds. The first-order valence-electron chi connectivity index (χ1n) is 10.1. The summed E-state index contributed by atoms with van der Waals surface area (Å²) in [5, 5.41) is 12.7. The number of hydrogen-bond acceptors (Lipinski definition) is 5. The molecule has 1 N–H and O–H groups in total. The zero-order valence-electron chi connectivity index (χ0n) is 17.7. The molecule has 0 saturated heterocycles. The fourth-order valence-electron chi connectivity index (χ4n) is 3.21. The molecule has 0 unspecified atom stereocenters. The average Bonchev–Trinajstić information content (AvgIpc) is 3.18. The van der Waals surface area contributed by atoms with Crippen LogP contribution in [0.15, 0.2) is 52.1 Å². The molecule has 0 radical (unpaired) electrons. The van der Waals surface area contributed by atoms with Crippen molar-refractivity contribution in [1.29, 1.82) is 0 Å². The van der Waals surface area contributed by atoms with Crippen molar-refractivity contribution in [3.05, 3.63) is 52.0 Å². The van der Waals surface area contributed by atoms with Crippen LogP contribution in [0.25, 0.3) is 11.4 Å². The number of anilines is 2.